The molecule has 0 spiro atoms. The summed E-state index contributed by atoms with van der Waals surface area (Å²) in [6.07, 6.45) is 1.77. The summed E-state index contributed by atoms with van der Waals surface area (Å²) < 4.78 is 11.1. The van der Waals surface area contributed by atoms with Crippen LogP contribution in [-0.2, 0) is 4.74 Å². The Morgan fingerprint density at radius 1 is 1.35 bits per heavy atom. The van der Waals surface area contributed by atoms with Crippen molar-refractivity contribution < 1.29 is 9.47 Å². The number of para-hydroxylation sites is 1. The van der Waals surface area contributed by atoms with Gasteiger partial charge in [0, 0.05) is 12.1 Å². The molecule has 1 aliphatic rings. The van der Waals surface area contributed by atoms with E-state index in [-0.39, 0.29) is 6.04 Å². The Balaban J connectivity index is 1.82. The third-order valence-electron chi connectivity index (χ3n) is 3.26. The molecule has 0 saturated carbocycles. The van der Waals surface area contributed by atoms with E-state index in [9.17, 15) is 0 Å². The molecular formula is C15H23N3O2. The maximum absolute atomic E-state index is 5.70. The Labute approximate surface area is 120 Å². The van der Waals surface area contributed by atoms with Crippen LogP contribution >= 0.6 is 0 Å². The fourth-order valence-corrected chi connectivity index (χ4v) is 2.21. The van der Waals surface area contributed by atoms with Gasteiger partial charge in [0.25, 0.3) is 0 Å². The second-order valence-corrected chi connectivity index (χ2v) is 5.14. The van der Waals surface area contributed by atoms with Crippen molar-refractivity contribution in [3.05, 3.63) is 29.8 Å². The molecule has 0 fully saturated rings. The van der Waals surface area contributed by atoms with Crippen LogP contribution in [0.1, 0.15) is 24.4 Å². The Morgan fingerprint density at radius 2 is 2.15 bits per heavy atom. The largest absolute Gasteiger partial charge is 0.496 e. The third kappa shape index (κ3) is 3.87. The quantitative estimate of drug-likeness (QED) is 0.808. The molecule has 1 unspecified atom stereocenters. The van der Waals surface area contributed by atoms with Crippen LogP contribution in [0.25, 0.3) is 0 Å². The molecule has 0 bridgehead atoms. The van der Waals surface area contributed by atoms with Crippen LogP contribution in [-0.4, -0.2) is 45.2 Å². The highest BCUT2D eigenvalue weighted by molar-refractivity contribution is 5.78. The van der Waals surface area contributed by atoms with Crippen molar-refractivity contribution in [2.45, 2.75) is 18.9 Å². The summed E-state index contributed by atoms with van der Waals surface area (Å²) in [5.74, 6) is 1.66. The molecule has 0 aliphatic carbocycles. The van der Waals surface area contributed by atoms with Gasteiger partial charge < -0.3 is 14.4 Å². The minimum Gasteiger partial charge on any atom is -0.496 e. The van der Waals surface area contributed by atoms with Gasteiger partial charge >= 0.3 is 0 Å². The Morgan fingerprint density at radius 3 is 2.90 bits per heavy atom. The standard InChI is InChI=1S/C15H23N3O2/c1-18(2)9-6-10-20-15-11-13(16-17-15)12-7-4-5-8-14(12)19-3/h4-5,7-8,13,16H,6,9-11H2,1-3H3. The number of nitrogens with one attached hydrogen (secondary N) is 1. The van der Waals surface area contributed by atoms with Gasteiger partial charge in [-0.3, -0.25) is 5.43 Å². The number of hydrogen-bond acceptors (Lipinski definition) is 5. The first kappa shape index (κ1) is 14.7. The molecule has 1 heterocycles. The van der Waals surface area contributed by atoms with E-state index >= 15 is 0 Å². The molecule has 5 nitrogen and oxygen atoms in total. The predicted molar refractivity (Wildman–Crippen MR) is 80.0 cm³/mol. The first-order chi connectivity index (χ1) is 9.70. The monoisotopic (exact) mass is 277 g/mol. The fourth-order valence-electron chi connectivity index (χ4n) is 2.21. The lowest BCUT2D eigenvalue weighted by atomic mass is 10.0. The summed E-state index contributed by atoms with van der Waals surface area (Å²) >= 11 is 0. The summed E-state index contributed by atoms with van der Waals surface area (Å²) in [5, 5.41) is 4.26. The molecule has 1 atom stereocenters. The SMILES string of the molecule is COc1ccccc1C1CC(OCCCN(C)C)=NN1. The maximum atomic E-state index is 5.70. The first-order valence-corrected chi connectivity index (χ1v) is 6.93. The molecule has 0 aromatic heterocycles. The number of hydrazone groups is 1. The molecule has 2 rings (SSSR count). The van der Waals surface area contributed by atoms with Crippen molar-refractivity contribution in [3.63, 3.8) is 0 Å². The van der Waals surface area contributed by atoms with Crippen LogP contribution in [0.4, 0.5) is 0 Å². The van der Waals surface area contributed by atoms with Gasteiger partial charge in [0.05, 0.1) is 26.2 Å². The lowest BCUT2D eigenvalue weighted by Gasteiger charge is -2.14. The number of rotatable bonds is 6. The topological polar surface area (TPSA) is 46.1 Å². The number of methoxy groups -OCH3 is 1. The molecule has 0 amide bonds. The Kier molecular flexibility index (Phi) is 5.24. The second kappa shape index (κ2) is 7.14. The van der Waals surface area contributed by atoms with Crippen molar-refractivity contribution in [1.29, 1.82) is 0 Å². The van der Waals surface area contributed by atoms with Crippen molar-refractivity contribution in [2.75, 3.05) is 34.4 Å². The van der Waals surface area contributed by atoms with E-state index in [2.05, 4.69) is 35.6 Å². The van der Waals surface area contributed by atoms with Crippen LogP contribution in [0, 0.1) is 0 Å². The van der Waals surface area contributed by atoms with E-state index in [1.165, 1.54) is 0 Å². The molecule has 0 saturated heterocycles. The van der Waals surface area contributed by atoms with Gasteiger partial charge in [-0.2, -0.15) is 0 Å². The zero-order chi connectivity index (χ0) is 14.4. The van der Waals surface area contributed by atoms with E-state index in [0.717, 1.165) is 36.6 Å². The molecule has 1 aliphatic heterocycles. The van der Waals surface area contributed by atoms with Crippen LogP contribution in [0.5, 0.6) is 5.75 Å². The van der Waals surface area contributed by atoms with E-state index in [1.807, 2.05) is 18.2 Å². The smallest absolute Gasteiger partial charge is 0.208 e. The molecule has 20 heavy (non-hydrogen) atoms. The molecule has 1 N–H and O–H groups in total. The van der Waals surface area contributed by atoms with Gasteiger partial charge in [-0.1, -0.05) is 18.2 Å². The van der Waals surface area contributed by atoms with Crippen LogP contribution in [0.3, 0.4) is 0 Å². The van der Waals surface area contributed by atoms with Gasteiger partial charge in [-0.25, -0.2) is 0 Å². The summed E-state index contributed by atoms with van der Waals surface area (Å²) in [4.78, 5) is 2.15. The maximum Gasteiger partial charge on any atom is 0.208 e. The van der Waals surface area contributed by atoms with Gasteiger partial charge in [-0.05, 0) is 26.6 Å². The lowest BCUT2D eigenvalue weighted by Crippen LogP contribution is -2.16. The Bertz CT molecular complexity index is 460. The van der Waals surface area contributed by atoms with Crippen LogP contribution in [0.2, 0.25) is 0 Å². The molecular weight excluding hydrogens is 254 g/mol. The van der Waals surface area contributed by atoms with Crippen molar-refractivity contribution in [2.24, 2.45) is 5.10 Å². The van der Waals surface area contributed by atoms with Crippen LogP contribution < -0.4 is 10.2 Å². The normalized spacial score (nSPS) is 17.8. The third-order valence-corrected chi connectivity index (χ3v) is 3.26. The summed E-state index contributed by atoms with van der Waals surface area (Å²) in [7, 11) is 5.81. The minimum atomic E-state index is 0.134. The van der Waals surface area contributed by atoms with E-state index in [4.69, 9.17) is 9.47 Å². The number of ether oxygens (including phenoxy) is 2. The lowest BCUT2D eigenvalue weighted by molar-refractivity contribution is 0.266. The van der Waals surface area contributed by atoms with E-state index in [1.54, 1.807) is 7.11 Å². The van der Waals surface area contributed by atoms with Gasteiger partial charge in [0.2, 0.25) is 5.90 Å². The van der Waals surface area contributed by atoms with E-state index < -0.39 is 0 Å². The molecule has 0 radical (unpaired) electrons. The number of benzene rings is 1. The fraction of sp³-hybridized carbons (Fsp3) is 0.533. The second-order valence-electron chi connectivity index (χ2n) is 5.14. The molecule has 1 aromatic carbocycles. The predicted octanol–water partition coefficient (Wildman–Crippen LogP) is 2.01. The summed E-state index contributed by atoms with van der Waals surface area (Å²) in [6, 6.07) is 8.13. The average Bonchev–Trinajstić information content (AvgIpc) is 2.92. The average molecular weight is 277 g/mol. The molecule has 110 valence electrons. The van der Waals surface area contributed by atoms with Crippen molar-refractivity contribution in [3.8, 4) is 5.75 Å². The van der Waals surface area contributed by atoms with Crippen molar-refractivity contribution >= 4 is 5.90 Å². The molecule has 1 aromatic rings. The first-order valence-electron chi connectivity index (χ1n) is 6.93. The summed E-state index contributed by atoms with van der Waals surface area (Å²) in [6.45, 7) is 1.73. The zero-order valence-corrected chi connectivity index (χ0v) is 12.4. The summed E-state index contributed by atoms with van der Waals surface area (Å²) in [5.41, 5.74) is 4.24. The van der Waals surface area contributed by atoms with Gasteiger partial charge in [0.15, 0.2) is 0 Å². The number of nitrogens with zero attached hydrogens (tertiary/aromatic N) is 2. The van der Waals surface area contributed by atoms with Crippen molar-refractivity contribution in [1.82, 2.24) is 10.3 Å². The highest BCUT2D eigenvalue weighted by atomic mass is 16.5. The minimum absolute atomic E-state index is 0.134. The van der Waals surface area contributed by atoms with Crippen LogP contribution in [0.15, 0.2) is 29.4 Å². The van der Waals surface area contributed by atoms with Gasteiger partial charge in [0.1, 0.15) is 5.75 Å². The number of hydrogen-bond donors (Lipinski definition) is 1. The molecule has 5 heteroatoms. The highest BCUT2D eigenvalue weighted by Gasteiger charge is 2.23. The van der Waals surface area contributed by atoms with E-state index in [0.29, 0.717) is 6.61 Å². The highest BCUT2D eigenvalue weighted by Crippen LogP contribution is 2.29. The Hall–Kier alpha value is -1.75. The zero-order valence-electron chi connectivity index (χ0n) is 12.4. The van der Waals surface area contributed by atoms with Gasteiger partial charge in [-0.15, -0.1) is 5.10 Å².